The van der Waals surface area contributed by atoms with Gasteiger partial charge < -0.3 is 14.7 Å². The van der Waals surface area contributed by atoms with Crippen molar-refractivity contribution in [1.82, 2.24) is 9.80 Å². The van der Waals surface area contributed by atoms with Gasteiger partial charge in [-0.15, -0.1) is 0 Å². The zero-order valence-corrected chi connectivity index (χ0v) is 14.3. The average molecular weight is 330 g/mol. The molecule has 1 N–H and O–H groups in total. The summed E-state index contributed by atoms with van der Waals surface area (Å²) < 4.78 is 5.50. The monoisotopic (exact) mass is 330 g/mol. The van der Waals surface area contributed by atoms with Gasteiger partial charge in [0.25, 0.3) is 0 Å². The van der Waals surface area contributed by atoms with Crippen LogP contribution in [0.25, 0.3) is 6.08 Å². The number of aliphatic hydroxyl groups is 1. The highest BCUT2D eigenvalue weighted by Gasteiger charge is 2.23. The van der Waals surface area contributed by atoms with Gasteiger partial charge >= 0.3 is 0 Å². The van der Waals surface area contributed by atoms with Gasteiger partial charge in [-0.05, 0) is 35.8 Å². The Balaban J connectivity index is 1.54. The third-order valence-corrected chi connectivity index (χ3v) is 4.96. The minimum absolute atomic E-state index is 0.0587. The number of rotatable bonds is 5. The highest BCUT2D eigenvalue weighted by molar-refractivity contribution is 5.91. The van der Waals surface area contributed by atoms with Gasteiger partial charge in [-0.3, -0.25) is 9.69 Å². The summed E-state index contributed by atoms with van der Waals surface area (Å²) in [6, 6.07) is 6.27. The Hall–Kier alpha value is -1.85. The Labute approximate surface area is 143 Å². The first-order valence-electron chi connectivity index (χ1n) is 8.79. The number of carbonyl (C=O) groups is 1. The largest absolute Gasteiger partial charge is 0.493 e. The summed E-state index contributed by atoms with van der Waals surface area (Å²) in [7, 11) is 0. The third kappa shape index (κ3) is 3.79. The molecule has 3 rings (SSSR count). The summed E-state index contributed by atoms with van der Waals surface area (Å²) >= 11 is 0. The van der Waals surface area contributed by atoms with E-state index in [0.717, 1.165) is 56.9 Å². The summed E-state index contributed by atoms with van der Waals surface area (Å²) in [6.45, 7) is 6.12. The number of carbonyl (C=O) groups excluding carboxylic acids is 1. The number of hydrogen-bond acceptors (Lipinski definition) is 4. The van der Waals surface area contributed by atoms with E-state index in [1.165, 1.54) is 5.56 Å². The number of aliphatic hydroxyl groups excluding tert-OH is 1. The zero-order chi connectivity index (χ0) is 16.9. The SMILES string of the molecule is CCC(CO)N1CCN(C(=O)/C=C/c2ccc3c(c2)CCO3)CC1. The third-order valence-electron chi connectivity index (χ3n) is 4.96. The van der Waals surface area contributed by atoms with E-state index in [4.69, 9.17) is 4.74 Å². The van der Waals surface area contributed by atoms with Crippen LogP contribution in [0.3, 0.4) is 0 Å². The molecule has 1 fully saturated rings. The van der Waals surface area contributed by atoms with Crippen LogP contribution in [0.1, 0.15) is 24.5 Å². The minimum Gasteiger partial charge on any atom is -0.493 e. The van der Waals surface area contributed by atoms with Crippen LogP contribution in [0.2, 0.25) is 0 Å². The van der Waals surface area contributed by atoms with Gasteiger partial charge in [0.2, 0.25) is 5.91 Å². The standard InChI is InChI=1S/C19H26N2O3/c1-2-17(14-22)20-8-10-21(11-9-20)19(23)6-4-15-3-5-18-16(13-15)7-12-24-18/h3-6,13,17,22H,2,7-12,14H2,1H3/b6-4+. The molecule has 130 valence electrons. The Bertz CT molecular complexity index is 603. The lowest BCUT2D eigenvalue weighted by Crippen LogP contribution is -2.52. The fourth-order valence-electron chi connectivity index (χ4n) is 3.39. The number of benzene rings is 1. The first-order chi connectivity index (χ1) is 11.7. The lowest BCUT2D eigenvalue weighted by atomic mass is 10.1. The summed E-state index contributed by atoms with van der Waals surface area (Å²) in [4.78, 5) is 16.5. The van der Waals surface area contributed by atoms with E-state index in [9.17, 15) is 9.90 Å². The van der Waals surface area contributed by atoms with Crippen molar-refractivity contribution < 1.29 is 14.6 Å². The highest BCUT2D eigenvalue weighted by atomic mass is 16.5. The van der Waals surface area contributed by atoms with E-state index in [2.05, 4.69) is 17.9 Å². The van der Waals surface area contributed by atoms with Crippen LogP contribution < -0.4 is 4.74 Å². The molecular weight excluding hydrogens is 304 g/mol. The number of piperazine rings is 1. The molecule has 1 aromatic rings. The van der Waals surface area contributed by atoms with E-state index >= 15 is 0 Å². The first kappa shape index (κ1) is 17.0. The molecule has 0 bridgehead atoms. The van der Waals surface area contributed by atoms with Crippen LogP contribution >= 0.6 is 0 Å². The van der Waals surface area contributed by atoms with Crippen molar-refractivity contribution in [3.63, 3.8) is 0 Å². The van der Waals surface area contributed by atoms with Crippen molar-refractivity contribution in [3.8, 4) is 5.75 Å². The van der Waals surface area contributed by atoms with Crippen molar-refractivity contribution >= 4 is 12.0 Å². The second kappa shape index (κ2) is 7.81. The molecule has 2 aliphatic rings. The summed E-state index contributed by atoms with van der Waals surface area (Å²) in [5, 5.41) is 9.39. The van der Waals surface area contributed by atoms with E-state index < -0.39 is 0 Å². The number of hydrogen-bond donors (Lipinski definition) is 1. The van der Waals surface area contributed by atoms with Gasteiger partial charge in [-0.1, -0.05) is 13.0 Å². The molecule has 0 saturated carbocycles. The first-order valence-corrected chi connectivity index (χ1v) is 8.79. The quantitative estimate of drug-likeness (QED) is 0.833. The molecule has 1 amide bonds. The Kier molecular flexibility index (Phi) is 5.53. The molecule has 5 heteroatoms. The van der Waals surface area contributed by atoms with Crippen molar-refractivity contribution in [1.29, 1.82) is 0 Å². The van der Waals surface area contributed by atoms with E-state index in [0.29, 0.717) is 0 Å². The number of amides is 1. The van der Waals surface area contributed by atoms with Gasteiger partial charge in [-0.2, -0.15) is 0 Å². The van der Waals surface area contributed by atoms with Crippen molar-refractivity contribution in [3.05, 3.63) is 35.4 Å². The van der Waals surface area contributed by atoms with Crippen LogP contribution in [-0.4, -0.2) is 66.2 Å². The number of nitrogens with zero attached hydrogens (tertiary/aromatic N) is 2. The smallest absolute Gasteiger partial charge is 0.246 e. The molecule has 1 saturated heterocycles. The lowest BCUT2D eigenvalue weighted by molar-refractivity contribution is -0.128. The van der Waals surface area contributed by atoms with Gasteiger partial charge in [0, 0.05) is 44.7 Å². The van der Waals surface area contributed by atoms with Crippen LogP contribution in [-0.2, 0) is 11.2 Å². The van der Waals surface area contributed by atoms with Crippen LogP contribution in [0.4, 0.5) is 0 Å². The fourth-order valence-corrected chi connectivity index (χ4v) is 3.39. The van der Waals surface area contributed by atoms with Crippen LogP contribution in [0.5, 0.6) is 5.75 Å². The molecule has 1 unspecified atom stereocenters. The summed E-state index contributed by atoms with van der Waals surface area (Å²) in [5.41, 5.74) is 2.25. The van der Waals surface area contributed by atoms with Gasteiger partial charge in [0.05, 0.1) is 13.2 Å². The van der Waals surface area contributed by atoms with E-state index in [1.807, 2.05) is 23.1 Å². The molecule has 1 aromatic carbocycles. The molecule has 0 spiro atoms. The summed E-state index contributed by atoms with van der Waals surface area (Å²) in [6.07, 6.45) is 5.43. The van der Waals surface area contributed by atoms with Crippen LogP contribution in [0.15, 0.2) is 24.3 Å². The Morgan fingerprint density at radius 3 is 2.83 bits per heavy atom. The highest BCUT2D eigenvalue weighted by Crippen LogP contribution is 2.26. The maximum atomic E-state index is 12.4. The molecule has 1 atom stereocenters. The maximum Gasteiger partial charge on any atom is 0.246 e. The van der Waals surface area contributed by atoms with Crippen molar-refractivity contribution in [2.24, 2.45) is 0 Å². The lowest BCUT2D eigenvalue weighted by Gasteiger charge is -2.38. The van der Waals surface area contributed by atoms with E-state index in [1.54, 1.807) is 6.08 Å². The second-order valence-corrected chi connectivity index (χ2v) is 6.40. The minimum atomic E-state index is 0.0587. The second-order valence-electron chi connectivity index (χ2n) is 6.40. The van der Waals surface area contributed by atoms with Gasteiger partial charge in [-0.25, -0.2) is 0 Å². The molecule has 2 aliphatic heterocycles. The molecule has 0 aromatic heterocycles. The number of ether oxygens (including phenoxy) is 1. The molecule has 5 nitrogen and oxygen atoms in total. The normalized spacial score (nSPS) is 19.3. The van der Waals surface area contributed by atoms with Gasteiger partial charge in [0.1, 0.15) is 5.75 Å². The van der Waals surface area contributed by atoms with Gasteiger partial charge in [0.15, 0.2) is 0 Å². The average Bonchev–Trinajstić information content (AvgIpc) is 3.09. The molecule has 2 heterocycles. The predicted molar refractivity (Wildman–Crippen MR) is 94.0 cm³/mol. The summed E-state index contributed by atoms with van der Waals surface area (Å²) in [5.74, 6) is 1.02. The Morgan fingerprint density at radius 1 is 1.33 bits per heavy atom. The predicted octanol–water partition coefficient (Wildman–Crippen LogP) is 1.55. The Morgan fingerprint density at radius 2 is 2.12 bits per heavy atom. The van der Waals surface area contributed by atoms with Crippen LogP contribution in [0, 0.1) is 0 Å². The topological polar surface area (TPSA) is 53.0 Å². The maximum absolute atomic E-state index is 12.4. The van der Waals surface area contributed by atoms with E-state index in [-0.39, 0.29) is 18.6 Å². The number of fused-ring (bicyclic) bond motifs is 1. The zero-order valence-electron chi connectivity index (χ0n) is 14.3. The molecule has 0 aliphatic carbocycles. The molecular formula is C19H26N2O3. The van der Waals surface area contributed by atoms with Crippen molar-refractivity contribution in [2.75, 3.05) is 39.4 Å². The molecule has 0 radical (unpaired) electrons. The fraction of sp³-hybridized carbons (Fsp3) is 0.526. The van der Waals surface area contributed by atoms with Crippen molar-refractivity contribution in [2.45, 2.75) is 25.8 Å². The molecule has 24 heavy (non-hydrogen) atoms.